The zero-order chi connectivity index (χ0) is 10.7. The second-order valence-electron chi connectivity index (χ2n) is 4.30. The second kappa shape index (κ2) is 5.25. The van der Waals surface area contributed by atoms with E-state index in [9.17, 15) is 0 Å². The molecule has 4 heteroatoms. The van der Waals surface area contributed by atoms with Crippen LogP contribution in [-0.2, 0) is 18.9 Å². The molecular weight excluding hydrogens is 196 g/mol. The molecule has 0 amide bonds. The third-order valence-corrected chi connectivity index (χ3v) is 2.97. The Morgan fingerprint density at radius 3 is 2.80 bits per heavy atom. The van der Waals surface area contributed by atoms with Crippen LogP contribution in [0.2, 0.25) is 0 Å². The van der Waals surface area contributed by atoms with Gasteiger partial charge < -0.3 is 18.9 Å². The molecule has 4 atom stereocenters. The van der Waals surface area contributed by atoms with E-state index < -0.39 is 0 Å². The van der Waals surface area contributed by atoms with E-state index in [0.29, 0.717) is 19.3 Å². The van der Waals surface area contributed by atoms with Crippen molar-refractivity contribution < 1.29 is 18.9 Å². The Bertz CT molecular complexity index is 197. The number of rotatable bonds is 5. The van der Waals surface area contributed by atoms with Crippen LogP contribution in [0.5, 0.6) is 0 Å². The van der Waals surface area contributed by atoms with E-state index in [0.717, 1.165) is 19.6 Å². The molecular formula is C11H20O4. The highest BCUT2D eigenvalue weighted by molar-refractivity contribution is 4.93. The summed E-state index contributed by atoms with van der Waals surface area (Å²) in [6, 6.07) is 0. The maximum Gasteiger partial charge on any atom is 0.147 e. The second-order valence-corrected chi connectivity index (χ2v) is 4.30. The molecule has 0 aromatic heterocycles. The molecule has 0 spiro atoms. The lowest BCUT2D eigenvalue weighted by molar-refractivity contribution is -0.118. The molecule has 0 aliphatic carbocycles. The number of hydrogen-bond donors (Lipinski definition) is 0. The average molecular weight is 216 g/mol. The predicted octanol–water partition coefficient (Wildman–Crippen LogP) is 1.19. The largest absolute Gasteiger partial charge is 0.372 e. The van der Waals surface area contributed by atoms with E-state index in [1.165, 1.54) is 0 Å². The van der Waals surface area contributed by atoms with Gasteiger partial charge >= 0.3 is 0 Å². The Hall–Kier alpha value is -0.160. The van der Waals surface area contributed by atoms with Gasteiger partial charge in [-0.25, -0.2) is 0 Å². The zero-order valence-electron chi connectivity index (χ0n) is 9.48. The number of fused-ring (bicyclic) bond motifs is 1. The van der Waals surface area contributed by atoms with Gasteiger partial charge in [-0.05, 0) is 6.42 Å². The fourth-order valence-corrected chi connectivity index (χ4v) is 2.14. The summed E-state index contributed by atoms with van der Waals surface area (Å²) in [7, 11) is 0. The Balaban J connectivity index is 1.71. The SMILES string of the molecule is CCCOCOC1COC2C(C)COC12. The summed E-state index contributed by atoms with van der Waals surface area (Å²) in [5.41, 5.74) is 0. The van der Waals surface area contributed by atoms with Gasteiger partial charge in [-0.15, -0.1) is 0 Å². The topological polar surface area (TPSA) is 36.9 Å². The fraction of sp³-hybridized carbons (Fsp3) is 1.00. The fourth-order valence-electron chi connectivity index (χ4n) is 2.14. The molecule has 88 valence electrons. The van der Waals surface area contributed by atoms with Crippen LogP contribution in [0.1, 0.15) is 20.3 Å². The summed E-state index contributed by atoms with van der Waals surface area (Å²) in [5, 5.41) is 0. The molecule has 2 saturated heterocycles. The minimum Gasteiger partial charge on any atom is -0.372 e. The van der Waals surface area contributed by atoms with Crippen LogP contribution in [0.25, 0.3) is 0 Å². The van der Waals surface area contributed by atoms with Gasteiger partial charge in [-0.1, -0.05) is 13.8 Å². The van der Waals surface area contributed by atoms with Crippen LogP contribution in [-0.4, -0.2) is 44.9 Å². The van der Waals surface area contributed by atoms with Crippen LogP contribution in [0.3, 0.4) is 0 Å². The summed E-state index contributed by atoms with van der Waals surface area (Å²) in [6.45, 7) is 6.75. The van der Waals surface area contributed by atoms with Crippen molar-refractivity contribution >= 4 is 0 Å². The van der Waals surface area contributed by atoms with E-state index >= 15 is 0 Å². The highest BCUT2D eigenvalue weighted by Gasteiger charge is 2.46. The molecule has 4 nitrogen and oxygen atoms in total. The normalized spacial score (nSPS) is 39.6. The van der Waals surface area contributed by atoms with Gasteiger partial charge in [-0.3, -0.25) is 0 Å². The van der Waals surface area contributed by atoms with E-state index in [-0.39, 0.29) is 18.3 Å². The summed E-state index contributed by atoms with van der Waals surface area (Å²) >= 11 is 0. The van der Waals surface area contributed by atoms with Crippen LogP contribution in [0.15, 0.2) is 0 Å². The number of hydrogen-bond acceptors (Lipinski definition) is 4. The molecule has 2 rings (SSSR count). The van der Waals surface area contributed by atoms with Crippen LogP contribution < -0.4 is 0 Å². The molecule has 0 radical (unpaired) electrons. The van der Waals surface area contributed by atoms with Gasteiger partial charge in [0.15, 0.2) is 0 Å². The van der Waals surface area contributed by atoms with Crippen molar-refractivity contribution in [1.29, 1.82) is 0 Å². The van der Waals surface area contributed by atoms with Crippen molar-refractivity contribution in [1.82, 2.24) is 0 Å². The first-order chi connectivity index (χ1) is 7.33. The molecule has 0 saturated carbocycles. The highest BCUT2D eigenvalue weighted by Crippen LogP contribution is 2.32. The lowest BCUT2D eigenvalue weighted by Gasteiger charge is -2.16. The molecule has 0 aromatic carbocycles. The van der Waals surface area contributed by atoms with Crippen molar-refractivity contribution in [2.75, 3.05) is 26.6 Å². The van der Waals surface area contributed by atoms with Gasteiger partial charge in [0.25, 0.3) is 0 Å². The van der Waals surface area contributed by atoms with Crippen molar-refractivity contribution in [3.05, 3.63) is 0 Å². The minimum atomic E-state index is 0.0526. The highest BCUT2D eigenvalue weighted by atomic mass is 16.7. The van der Waals surface area contributed by atoms with Crippen molar-refractivity contribution in [3.8, 4) is 0 Å². The minimum absolute atomic E-state index is 0.0526. The van der Waals surface area contributed by atoms with Crippen molar-refractivity contribution in [3.63, 3.8) is 0 Å². The first kappa shape index (κ1) is 11.3. The van der Waals surface area contributed by atoms with Gasteiger partial charge in [0.2, 0.25) is 0 Å². The summed E-state index contributed by atoms with van der Waals surface area (Å²) in [4.78, 5) is 0. The van der Waals surface area contributed by atoms with E-state index in [2.05, 4.69) is 13.8 Å². The predicted molar refractivity (Wildman–Crippen MR) is 54.6 cm³/mol. The average Bonchev–Trinajstić information content (AvgIpc) is 2.78. The monoisotopic (exact) mass is 216 g/mol. The smallest absolute Gasteiger partial charge is 0.147 e. The molecule has 2 aliphatic heterocycles. The summed E-state index contributed by atoms with van der Waals surface area (Å²) in [6.07, 6.45) is 1.41. The lowest BCUT2D eigenvalue weighted by Crippen LogP contribution is -2.31. The zero-order valence-corrected chi connectivity index (χ0v) is 9.48. The Morgan fingerprint density at radius 1 is 1.20 bits per heavy atom. The Kier molecular flexibility index (Phi) is 3.97. The first-order valence-electron chi connectivity index (χ1n) is 5.75. The lowest BCUT2D eigenvalue weighted by atomic mass is 10.0. The van der Waals surface area contributed by atoms with Gasteiger partial charge in [0.1, 0.15) is 19.0 Å². The third-order valence-electron chi connectivity index (χ3n) is 2.97. The maximum atomic E-state index is 5.65. The first-order valence-corrected chi connectivity index (χ1v) is 5.75. The van der Waals surface area contributed by atoms with Crippen LogP contribution in [0, 0.1) is 5.92 Å². The van der Waals surface area contributed by atoms with E-state index in [1.54, 1.807) is 0 Å². The molecule has 4 unspecified atom stereocenters. The van der Waals surface area contributed by atoms with Gasteiger partial charge in [0, 0.05) is 12.5 Å². The molecule has 2 aliphatic rings. The number of ether oxygens (including phenoxy) is 4. The van der Waals surface area contributed by atoms with Crippen LogP contribution in [0.4, 0.5) is 0 Å². The maximum absolute atomic E-state index is 5.65. The molecule has 2 heterocycles. The molecule has 2 fully saturated rings. The van der Waals surface area contributed by atoms with Crippen molar-refractivity contribution in [2.24, 2.45) is 5.92 Å². The van der Waals surface area contributed by atoms with Gasteiger partial charge in [-0.2, -0.15) is 0 Å². The third kappa shape index (κ3) is 2.50. The standard InChI is InChI=1S/C11H20O4/c1-3-4-12-7-15-9-6-14-10-8(2)5-13-11(9)10/h8-11H,3-7H2,1-2H3. The van der Waals surface area contributed by atoms with Crippen molar-refractivity contribution in [2.45, 2.75) is 38.6 Å². The summed E-state index contributed by atoms with van der Waals surface area (Å²) < 4.78 is 22.2. The van der Waals surface area contributed by atoms with Crippen LogP contribution >= 0.6 is 0 Å². The molecule has 15 heavy (non-hydrogen) atoms. The quantitative estimate of drug-likeness (QED) is 0.511. The Labute approximate surface area is 90.8 Å². The van der Waals surface area contributed by atoms with E-state index in [1.807, 2.05) is 0 Å². The van der Waals surface area contributed by atoms with Gasteiger partial charge in [0.05, 0.1) is 19.3 Å². The van der Waals surface area contributed by atoms with E-state index in [4.69, 9.17) is 18.9 Å². The molecule has 0 aromatic rings. The Morgan fingerprint density at radius 2 is 2.00 bits per heavy atom. The summed E-state index contributed by atoms with van der Waals surface area (Å²) in [5.74, 6) is 0.486. The molecule has 0 N–H and O–H groups in total. The molecule has 0 bridgehead atoms.